The van der Waals surface area contributed by atoms with Gasteiger partial charge in [0.2, 0.25) is 0 Å². The van der Waals surface area contributed by atoms with E-state index >= 15 is 0 Å². The summed E-state index contributed by atoms with van der Waals surface area (Å²) in [5, 5.41) is 5.52. The number of nitrogens with one attached hydrogen (secondary N) is 1. The van der Waals surface area contributed by atoms with Crippen molar-refractivity contribution in [3.63, 3.8) is 0 Å². The summed E-state index contributed by atoms with van der Waals surface area (Å²) in [6, 6.07) is 13.2. The van der Waals surface area contributed by atoms with E-state index in [1.54, 1.807) is 12.1 Å². The molecule has 27 heavy (non-hydrogen) atoms. The number of rotatable bonds is 3. The molecular weight excluding hydrogens is 342 g/mol. The van der Waals surface area contributed by atoms with Crippen molar-refractivity contribution in [1.82, 2.24) is 14.7 Å². The zero-order valence-corrected chi connectivity index (χ0v) is 15.3. The number of benzene rings is 1. The van der Waals surface area contributed by atoms with Gasteiger partial charge in [0.05, 0.1) is 24.7 Å². The molecule has 138 valence electrons. The van der Waals surface area contributed by atoms with Crippen molar-refractivity contribution in [3.8, 4) is 0 Å². The Hall–Kier alpha value is -3.22. The van der Waals surface area contributed by atoms with Crippen LogP contribution in [-0.4, -0.2) is 46.8 Å². The first-order valence-electron chi connectivity index (χ1n) is 9.20. The highest BCUT2D eigenvalue weighted by Crippen LogP contribution is 2.17. The number of hydrogen-bond acceptors (Lipinski definition) is 4. The Labute approximate surface area is 156 Å². The molecule has 0 spiro atoms. The Morgan fingerprint density at radius 3 is 2.41 bits per heavy atom. The largest absolute Gasteiger partial charge is 0.329 e. The van der Waals surface area contributed by atoms with Gasteiger partial charge in [-0.2, -0.15) is 5.10 Å². The Balaban J connectivity index is 1.61. The summed E-state index contributed by atoms with van der Waals surface area (Å²) in [4.78, 5) is 32.9. The molecule has 1 aliphatic rings. The molecule has 7 heteroatoms. The molecule has 0 aliphatic carbocycles. The van der Waals surface area contributed by atoms with Crippen LogP contribution in [0.2, 0.25) is 0 Å². The minimum absolute atomic E-state index is 0.120. The van der Waals surface area contributed by atoms with Gasteiger partial charge in [0, 0.05) is 18.0 Å². The van der Waals surface area contributed by atoms with Gasteiger partial charge in [0.25, 0.3) is 17.3 Å². The number of amides is 1. The molecule has 0 unspecified atom stereocenters. The summed E-state index contributed by atoms with van der Waals surface area (Å²) in [6.45, 7) is 5.01. The molecule has 0 atom stereocenters. The minimum atomic E-state index is -0.158. The van der Waals surface area contributed by atoms with Crippen LogP contribution in [0.3, 0.4) is 0 Å². The summed E-state index contributed by atoms with van der Waals surface area (Å²) in [5.74, 6) is 0.929. The second-order valence-corrected chi connectivity index (χ2v) is 6.54. The van der Waals surface area contributed by atoms with E-state index < -0.39 is 0 Å². The Morgan fingerprint density at radius 1 is 1.04 bits per heavy atom. The van der Waals surface area contributed by atoms with Crippen LogP contribution in [0.25, 0.3) is 10.8 Å². The van der Waals surface area contributed by atoms with E-state index in [-0.39, 0.29) is 11.5 Å². The number of pyridine rings is 1. The molecule has 2 aromatic heterocycles. The summed E-state index contributed by atoms with van der Waals surface area (Å²) in [5.41, 5.74) is 0.195. The van der Waals surface area contributed by atoms with Gasteiger partial charge in [-0.15, -0.1) is 0 Å². The predicted molar refractivity (Wildman–Crippen MR) is 103 cm³/mol. The van der Waals surface area contributed by atoms with Crippen molar-refractivity contribution in [2.24, 2.45) is 0 Å². The third-order valence-electron chi connectivity index (χ3n) is 4.97. The van der Waals surface area contributed by atoms with E-state index in [0.29, 0.717) is 36.1 Å². The van der Waals surface area contributed by atoms with Gasteiger partial charge in [-0.1, -0.05) is 24.3 Å². The highest BCUT2D eigenvalue weighted by molar-refractivity contribution is 6.04. The van der Waals surface area contributed by atoms with Gasteiger partial charge in [-0.05, 0) is 19.1 Å². The molecule has 4 rings (SSSR count). The van der Waals surface area contributed by atoms with E-state index in [2.05, 4.69) is 15.0 Å². The summed E-state index contributed by atoms with van der Waals surface area (Å²) >= 11 is 0. The first-order valence-corrected chi connectivity index (χ1v) is 9.20. The molecule has 0 radical (unpaired) electrons. The lowest BCUT2D eigenvalue weighted by Gasteiger charge is -2.31. The second kappa shape index (κ2) is 7.19. The number of carbonyl (C=O) groups is 1. The van der Waals surface area contributed by atoms with Crippen LogP contribution >= 0.6 is 0 Å². The SMILES string of the molecule is CCn1nc(C(=O)N2CCN(c3cccc[nH+]3)CC2)c2ccccc2c1=O. The normalized spacial score (nSPS) is 14.6. The molecule has 0 bridgehead atoms. The van der Waals surface area contributed by atoms with E-state index in [1.807, 2.05) is 48.4 Å². The van der Waals surface area contributed by atoms with Crippen molar-refractivity contribution >= 4 is 22.5 Å². The Kier molecular flexibility index (Phi) is 4.58. The molecule has 7 nitrogen and oxygen atoms in total. The van der Waals surface area contributed by atoms with Gasteiger partial charge in [-0.3, -0.25) is 14.5 Å². The molecule has 1 N–H and O–H groups in total. The number of nitrogens with zero attached hydrogens (tertiary/aromatic N) is 4. The highest BCUT2D eigenvalue weighted by Gasteiger charge is 2.28. The third kappa shape index (κ3) is 3.16. The van der Waals surface area contributed by atoms with Crippen LogP contribution in [0.5, 0.6) is 0 Å². The van der Waals surface area contributed by atoms with Crippen LogP contribution in [0, 0.1) is 0 Å². The molecule has 1 fully saturated rings. The zero-order chi connectivity index (χ0) is 18.8. The average molecular weight is 364 g/mol. The number of aryl methyl sites for hydroxylation is 1. The molecule has 1 aromatic carbocycles. The van der Waals surface area contributed by atoms with Crippen LogP contribution in [-0.2, 0) is 6.54 Å². The van der Waals surface area contributed by atoms with Gasteiger partial charge >= 0.3 is 0 Å². The lowest BCUT2D eigenvalue weighted by Crippen LogP contribution is -2.50. The number of H-pyrrole nitrogens is 1. The number of carbonyl (C=O) groups excluding carboxylic acids is 1. The smallest absolute Gasteiger partial charge is 0.275 e. The maximum absolute atomic E-state index is 13.2. The number of aromatic amines is 1. The summed E-state index contributed by atoms with van der Waals surface area (Å²) in [6.07, 6.45) is 1.90. The van der Waals surface area contributed by atoms with Crippen LogP contribution < -0.4 is 15.4 Å². The molecule has 3 heterocycles. The monoisotopic (exact) mass is 364 g/mol. The van der Waals surface area contributed by atoms with E-state index in [4.69, 9.17) is 0 Å². The average Bonchev–Trinajstić information content (AvgIpc) is 2.74. The first-order chi connectivity index (χ1) is 13.2. The fourth-order valence-corrected chi connectivity index (χ4v) is 3.49. The Bertz CT molecular complexity index is 1020. The number of anilines is 1. The van der Waals surface area contributed by atoms with Crippen molar-refractivity contribution in [1.29, 1.82) is 0 Å². The van der Waals surface area contributed by atoms with Gasteiger partial charge in [0.15, 0.2) is 5.69 Å². The molecule has 3 aromatic rings. The molecule has 1 amide bonds. The molecular formula is C20H22N5O2+. The van der Waals surface area contributed by atoms with E-state index in [0.717, 1.165) is 18.9 Å². The van der Waals surface area contributed by atoms with Crippen molar-refractivity contribution in [2.45, 2.75) is 13.5 Å². The quantitative estimate of drug-likeness (QED) is 0.700. The predicted octanol–water partition coefficient (Wildman–Crippen LogP) is 1.19. The second-order valence-electron chi connectivity index (χ2n) is 6.54. The Morgan fingerprint density at radius 2 is 1.74 bits per heavy atom. The molecule has 0 saturated carbocycles. The standard InChI is InChI=1S/C20H21N5O2/c1-2-25-19(26)16-8-4-3-7-15(16)18(22-25)20(27)24-13-11-23(12-14-24)17-9-5-6-10-21-17/h3-10H,2,11-14H2,1H3/p+1. The maximum Gasteiger partial charge on any atom is 0.275 e. The van der Waals surface area contributed by atoms with Crippen molar-refractivity contribution in [3.05, 3.63) is 64.7 Å². The zero-order valence-electron chi connectivity index (χ0n) is 15.3. The fraction of sp³-hybridized carbons (Fsp3) is 0.300. The lowest BCUT2D eigenvalue weighted by atomic mass is 10.1. The van der Waals surface area contributed by atoms with Crippen molar-refractivity contribution in [2.75, 3.05) is 31.1 Å². The molecule has 1 aliphatic heterocycles. The third-order valence-corrected chi connectivity index (χ3v) is 4.97. The first kappa shape index (κ1) is 17.2. The maximum atomic E-state index is 13.2. The number of hydrogen-bond donors (Lipinski definition) is 0. The van der Waals surface area contributed by atoms with E-state index in [1.165, 1.54) is 4.68 Å². The lowest BCUT2D eigenvalue weighted by molar-refractivity contribution is -0.364. The van der Waals surface area contributed by atoms with Crippen LogP contribution in [0.1, 0.15) is 17.4 Å². The number of aromatic nitrogens is 3. The molecule has 1 saturated heterocycles. The van der Waals surface area contributed by atoms with Gasteiger partial charge in [0.1, 0.15) is 13.1 Å². The summed E-state index contributed by atoms with van der Waals surface area (Å²) < 4.78 is 1.37. The fourth-order valence-electron chi connectivity index (χ4n) is 3.49. The topological polar surface area (TPSA) is 72.6 Å². The van der Waals surface area contributed by atoms with Crippen LogP contribution in [0.4, 0.5) is 5.82 Å². The van der Waals surface area contributed by atoms with E-state index in [9.17, 15) is 9.59 Å². The summed E-state index contributed by atoms with van der Waals surface area (Å²) in [7, 11) is 0. The number of piperazine rings is 1. The highest BCUT2D eigenvalue weighted by atomic mass is 16.2. The van der Waals surface area contributed by atoms with Crippen LogP contribution in [0.15, 0.2) is 53.5 Å². The van der Waals surface area contributed by atoms with Gasteiger partial charge < -0.3 is 4.90 Å². The number of fused-ring (bicyclic) bond motifs is 1. The minimum Gasteiger partial charge on any atom is -0.329 e. The van der Waals surface area contributed by atoms with Crippen molar-refractivity contribution < 1.29 is 9.78 Å². The van der Waals surface area contributed by atoms with Gasteiger partial charge in [-0.25, -0.2) is 9.67 Å².